The minimum Gasteiger partial charge on any atom is -0.369 e. The van der Waals surface area contributed by atoms with Gasteiger partial charge in [0.1, 0.15) is 0 Å². The lowest BCUT2D eigenvalue weighted by Gasteiger charge is -2.32. The molecule has 2 N–H and O–H groups in total. The molecule has 0 aliphatic heterocycles. The number of anilines is 1. The summed E-state index contributed by atoms with van der Waals surface area (Å²) in [6.07, 6.45) is -11.9. The highest BCUT2D eigenvalue weighted by Gasteiger charge is 2.71. The maximum absolute atomic E-state index is 12.7. The van der Waals surface area contributed by atoms with Gasteiger partial charge in [0.05, 0.1) is 0 Å². The number of benzene rings is 1. The van der Waals surface area contributed by atoms with Crippen LogP contribution in [0.25, 0.3) is 0 Å². The van der Waals surface area contributed by atoms with Gasteiger partial charge in [-0.15, -0.1) is 0 Å². The molecule has 0 bridgehead atoms. The normalized spacial score (nSPS) is 13.0. The van der Waals surface area contributed by atoms with E-state index in [1.165, 1.54) is 14.1 Å². The van der Waals surface area contributed by atoms with Crippen molar-refractivity contribution in [3.63, 3.8) is 0 Å². The van der Waals surface area contributed by atoms with Gasteiger partial charge in [-0.25, -0.2) is 4.79 Å². The van der Waals surface area contributed by atoms with E-state index in [9.17, 15) is 36.2 Å². The van der Waals surface area contributed by atoms with Gasteiger partial charge in [-0.1, -0.05) is 12.1 Å². The second-order valence-corrected chi connectivity index (χ2v) is 4.61. The van der Waals surface area contributed by atoms with Crippen LogP contribution in [-0.4, -0.2) is 42.5 Å². The lowest BCUT2D eigenvalue weighted by atomic mass is 9.92. The molecule has 1 aromatic rings. The molecule has 4 nitrogen and oxygen atoms in total. The largest absolute Gasteiger partial charge is 0.430 e. The van der Waals surface area contributed by atoms with Crippen LogP contribution in [0.1, 0.15) is 5.56 Å². The Bertz CT molecular complexity index is 522. The third kappa shape index (κ3) is 3.26. The SMILES string of the molecule is CN(C)C(=O)Nc1ccc(C(O)(C(F)(F)F)C(F)(F)F)cc1. The molecule has 0 aliphatic rings. The van der Waals surface area contributed by atoms with E-state index >= 15 is 0 Å². The number of aliphatic hydroxyl groups is 1. The second kappa shape index (κ2) is 5.67. The Kier molecular flexibility index (Phi) is 4.66. The number of rotatable bonds is 2. The van der Waals surface area contributed by atoms with Crippen molar-refractivity contribution in [2.45, 2.75) is 18.0 Å². The molecule has 1 rings (SSSR count). The van der Waals surface area contributed by atoms with Crippen LogP contribution in [0.4, 0.5) is 36.8 Å². The summed E-state index contributed by atoms with van der Waals surface area (Å²) >= 11 is 0. The number of nitrogens with one attached hydrogen (secondary N) is 1. The van der Waals surface area contributed by atoms with Crippen LogP contribution < -0.4 is 5.32 Å². The van der Waals surface area contributed by atoms with Gasteiger partial charge in [0.2, 0.25) is 0 Å². The topological polar surface area (TPSA) is 52.6 Å². The molecular formula is C12H12F6N2O2. The molecule has 0 atom stereocenters. The molecular weight excluding hydrogens is 318 g/mol. The highest BCUT2D eigenvalue weighted by Crippen LogP contribution is 2.50. The van der Waals surface area contributed by atoms with E-state index in [2.05, 4.69) is 5.32 Å². The van der Waals surface area contributed by atoms with E-state index in [4.69, 9.17) is 0 Å². The zero-order valence-corrected chi connectivity index (χ0v) is 11.4. The standard InChI is InChI=1S/C12H12F6N2O2/c1-20(2)9(21)19-8-5-3-7(4-6-8)10(22,11(13,14)15)12(16,17)18/h3-6,22H,1-2H3,(H,19,21). The number of amides is 2. The van der Waals surface area contributed by atoms with Crippen molar-refractivity contribution in [2.24, 2.45) is 0 Å². The van der Waals surface area contributed by atoms with Crippen molar-refractivity contribution in [1.29, 1.82) is 0 Å². The zero-order valence-electron chi connectivity index (χ0n) is 11.4. The van der Waals surface area contributed by atoms with Gasteiger partial charge in [-0.05, 0) is 12.1 Å². The number of carbonyl (C=O) groups excluding carboxylic acids is 1. The van der Waals surface area contributed by atoms with Crippen molar-refractivity contribution in [3.8, 4) is 0 Å². The zero-order chi connectivity index (χ0) is 17.3. The average Bonchev–Trinajstić information content (AvgIpc) is 2.35. The van der Waals surface area contributed by atoms with Crippen LogP contribution in [0.15, 0.2) is 24.3 Å². The van der Waals surface area contributed by atoms with Crippen LogP contribution in [0.5, 0.6) is 0 Å². The summed E-state index contributed by atoms with van der Waals surface area (Å²) in [6.45, 7) is 0. The predicted molar refractivity (Wildman–Crippen MR) is 65.2 cm³/mol. The first-order valence-corrected chi connectivity index (χ1v) is 5.75. The van der Waals surface area contributed by atoms with Gasteiger partial charge < -0.3 is 15.3 Å². The summed E-state index contributed by atoms with van der Waals surface area (Å²) < 4.78 is 75.9. The molecule has 0 unspecified atom stereocenters. The fourth-order valence-corrected chi connectivity index (χ4v) is 1.52. The van der Waals surface area contributed by atoms with E-state index in [-0.39, 0.29) is 5.69 Å². The third-order valence-electron chi connectivity index (χ3n) is 2.78. The van der Waals surface area contributed by atoms with Crippen molar-refractivity contribution >= 4 is 11.7 Å². The van der Waals surface area contributed by atoms with Gasteiger partial charge in [-0.3, -0.25) is 0 Å². The average molecular weight is 330 g/mol. The number of carbonyl (C=O) groups is 1. The number of halogens is 6. The summed E-state index contributed by atoms with van der Waals surface area (Å²) in [7, 11) is 2.80. The van der Waals surface area contributed by atoms with Gasteiger partial charge >= 0.3 is 18.4 Å². The first kappa shape index (κ1) is 18.1. The van der Waals surface area contributed by atoms with Gasteiger partial charge in [0.15, 0.2) is 0 Å². The first-order chi connectivity index (χ1) is 9.80. The van der Waals surface area contributed by atoms with E-state index in [1.807, 2.05) is 0 Å². The quantitative estimate of drug-likeness (QED) is 0.819. The summed E-state index contributed by atoms with van der Waals surface area (Å²) in [6, 6.07) is 1.95. The van der Waals surface area contributed by atoms with Crippen molar-refractivity contribution in [3.05, 3.63) is 29.8 Å². The minimum absolute atomic E-state index is 0.0193. The number of hydrogen-bond acceptors (Lipinski definition) is 2. The number of hydrogen-bond donors (Lipinski definition) is 2. The van der Waals surface area contributed by atoms with E-state index in [1.54, 1.807) is 0 Å². The highest BCUT2D eigenvalue weighted by molar-refractivity contribution is 5.88. The Morgan fingerprint density at radius 3 is 1.73 bits per heavy atom. The lowest BCUT2D eigenvalue weighted by Crippen LogP contribution is -2.53. The third-order valence-corrected chi connectivity index (χ3v) is 2.78. The number of urea groups is 1. The van der Waals surface area contributed by atoms with Crippen LogP contribution in [-0.2, 0) is 5.60 Å². The van der Waals surface area contributed by atoms with E-state index in [0.29, 0.717) is 12.1 Å². The Hall–Kier alpha value is -1.97. The maximum Gasteiger partial charge on any atom is 0.430 e. The van der Waals surface area contributed by atoms with Gasteiger partial charge in [-0.2, -0.15) is 26.3 Å². The minimum atomic E-state index is -5.94. The number of nitrogens with zero attached hydrogens (tertiary/aromatic N) is 1. The molecule has 10 heteroatoms. The van der Waals surface area contributed by atoms with Crippen LogP contribution in [0, 0.1) is 0 Å². The first-order valence-electron chi connectivity index (χ1n) is 5.75. The molecule has 0 fully saturated rings. The monoisotopic (exact) mass is 330 g/mol. The fourth-order valence-electron chi connectivity index (χ4n) is 1.52. The molecule has 0 spiro atoms. The molecule has 0 heterocycles. The fraction of sp³-hybridized carbons (Fsp3) is 0.417. The predicted octanol–water partition coefficient (Wildman–Crippen LogP) is 3.09. The Labute approximate surface area is 121 Å². The molecule has 0 saturated carbocycles. The molecule has 0 aliphatic carbocycles. The molecule has 0 radical (unpaired) electrons. The number of alkyl halides is 6. The molecule has 0 aromatic heterocycles. The second-order valence-electron chi connectivity index (χ2n) is 4.61. The summed E-state index contributed by atoms with van der Waals surface area (Å²) in [5, 5.41) is 11.4. The lowest BCUT2D eigenvalue weighted by molar-refractivity contribution is -0.376. The molecule has 124 valence electrons. The van der Waals surface area contributed by atoms with Gasteiger partial charge in [0.25, 0.3) is 5.60 Å². The molecule has 2 amide bonds. The van der Waals surface area contributed by atoms with Crippen molar-refractivity contribution < 1.29 is 36.2 Å². The smallest absolute Gasteiger partial charge is 0.369 e. The van der Waals surface area contributed by atoms with Crippen LogP contribution in [0.2, 0.25) is 0 Å². The molecule has 1 aromatic carbocycles. The Morgan fingerprint density at radius 2 is 1.41 bits per heavy atom. The molecule has 22 heavy (non-hydrogen) atoms. The Morgan fingerprint density at radius 1 is 1.00 bits per heavy atom. The summed E-state index contributed by atoms with van der Waals surface area (Å²) in [5.41, 5.74) is -6.39. The van der Waals surface area contributed by atoms with E-state index < -0.39 is 29.5 Å². The summed E-state index contributed by atoms with van der Waals surface area (Å²) in [4.78, 5) is 12.4. The Balaban J connectivity index is 3.18. The molecule has 0 saturated heterocycles. The van der Waals surface area contributed by atoms with Crippen molar-refractivity contribution in [1.82, 2.24) is 4.90 Å². The van der Waals surface area contributed by atoms with Crippen LogP contribution >= 0.6 is 0 Å². The van der Waals surface area contributed by atoms with Crippen LogP contribution in [0.3, 0.4) is 0 Å². The maximum atomic E-state index is 12.7. The van der Waals surface area contributed by atoms with Crippen molar-refractivity contribution in [2.75, 3.05) is 19.4 Å². The summed E-state index contributed by atoms with van der Waals surface area (Å²) in [5.74, 6) is 0. The highest BCUT2D eigenvalue weighted by atomic mass is 19.4. The van der Waals surface area contributed by atoms with Gasteiger partial charge in [0, 0.05) is 25.3 Å². The van der Waals surface area contributed by atoms with E-state index in [0.717, 1.165) is 17.0 Å².